The van der Waals surface area contributed by atoms with Crippen molar-refractivity contribution in [1.82, 2.24) is 20.1 Å². The number of aromatic nitrogens is 3. The first-order valence-electron chi connectivity index (χ1n) is 9.95. The van der Waals surface area contributed by atoms with Crippen LogP contribution in [0.1, 0.15) is 27.0 Å². The summed E-state index contributed by atoms with van der Waals surface area (Å²) in [7, 11) is 0. The van der Waals surface area contributed by atoms with Crippen LogP contribution in [0.25, 0.3) is 0 Å². The number of H-pyrrole nitrogens is 1. The Hall–Kier alpha value is -2.29. The van der Waals surface area contributed by atoms with Crippen LogP contribution in [0, 0.1) is 6.92 Å². The van der Waals surface area contributed by atoms with E-state index in [-0.39, 0.29) is 5.91 Å². The van der Waals surface area contributed by atoms with E-state index in [1.54, 1.807) is 11.8 Å². The van der Waals surface area contributed by atoms with Gasteiger partial charge < -0.3 is 5.32 Å². The maximum Gasteiger partial charge on any atom is 0.255 e. The number of carbonyl (C=O) groups is 1. The molecule has 0 bridgehead atoms. The van der Waals surface area contributed by atoms with E-state index < -0.39 is 0 Å². The van der Waals surface area contributed by atoms with Gasteiger partial charge in [-0.25, -0.2) is 4.98 Å². The monoisotopic (exact) mass is 439 g/mol. The van der Waals surface area contributed by atoms with Crippen LogP contribution >= 0.6 is 23.5 Å². The van der Waals surface area contributed by atoms with Gasteiger partial charge in [-0.15, -0.1) is 0 Å². The van der Waals surface area contributed by atoms with E-state index in [9.17, 15) is 4.79 Å². The highest BCUT2D eigenvalue weighted by molar-refractivity contribution is 7.99. The Morgan fingerprint density at radius 2 is 1.93 bits per heavy atom. The van der Waals surface area contributed by atoms with E-state index in [4.69, 9.17) is 0 Å². The molecule has 1 aliphatic rings. The smallest absolute Gasteiger partial charge is 0.255 e. The fourth-order valence-corrected chi connectivity index (χ4v) is 5.06. The van der Waals surface area contributed by atoms with Crippen molar-refractivity contribution < 1.29 is 4.79 Å². The van der Waals surface area contributed by atoms with Crippen LogP contribution in [-0.4, -0.2) is 50.6 Å². The van der Waals surface area contributed by atoms with Gasteiger partial charge in [-0.1, -0.05) is 36.0 Å². The predicted molar refractivity (Wildman–Crippen MR) is 124 cm³/mol. The highest BCUT2D eigenvalue weighted by atomic mass is 32.2. The summed E-state index contributed by atoms with van der Waals surface area (Å²) in [6, 6.07) is 14.0. The van der Waals surface area contributed by atoms with Crippen LogP contribution in [-0.2, 0) is 12.3 Å². The average molecular weight is 440 g/mol. The summed E-state index contributed by atoms with van der Waals surface area (Å²) in [4.78, 5) is 19.3. The van der Waals surface area contributed by atoms with Crippen molar-refractivity contribution in [2.75, 3.05) is 29.9 Å². The molecule has 0 atom stereocenters. The Morgan fingerprint density at radius 3 is 2.63 bits per heavy atom. The molecule has 156 valence electrons. The minimum absolute atomic E-state index is 0.0895. The van der Waals surface area contributed by atoms with Crippen molar-refractivity contribution in [3.8, 4) is 0 Å². The fraction of sp³-hybridized carbons (Fsp3) is 0.318. The summed E-state index contributed by atoms with van der Waals surface area (Å²) in [5.41, 5.74) is 5.03. The molecule has 0 unspecified atom stereocenters. The molecule has 1 aliphatic heterocycles. The fourth-order valence-electron chi connectivity index (χ4n) is 3.34. The molecule has 2 aromatic carbocycles. The zero-order valence-corrected chi connectivity index (χ0v) is 18.6. The lowest BCUT2D eigenvalue weighted by Crippen LogP contribution is -2.31. The second-order valence-corrected chi connectivity index (χ2v) is 9.46. The number of aryl methyl sites for hydroxylation is 1. The van der Waals surface area contributed by atoms with Gasteiger partial charge in [0.2, 0.25) is 0 Å². The second kappa shape index (κ2) is 10.1. The molecule has 6 nitrogen and oxygen atoms in total. The Kier molecular flexibility index (Phi) is 7.09. The number of amides is 1. The van der Waals surface area contributed by atoms with Gasteiger partial charge in [-0.2, -0.15) is 16.9 Å². The molecule has 0 radical (unpaired) electrons. The number of carbonyl (C=O) groups excluding carboxylic acids is 1. The average Bonchev–Trinajstić information content (AvgIpc) is 3.29. The zero-order chi connectivity index (χ0) is 20.8. The molecular formula is C22H25N5OS2. The SMILES string of the molecule is Cc1cc(CN2CCSCC2)ccc1NC(=O)c1ccc(CSc2ncn[nH]2)cc1. The van der Waals surface area contributed by atoms with Crippen molar-refractivity contribution in [3.63, 3.8) is 0 Å². The van der Waals surface area contributed by atoms with E-state index in [1.165, 1.54) is 23.4 Å². The van der Waals surface area contributed by atoms with Gasteiger partial charge in [0, 0.05) is 48.1 Å². The first-order valence-corrected chi connectivity index (χ1v) is 12.1. The van der Waals surface area contributed by atoms with E-state index in [0.29, 0.717) is 5.56 Å². The number of hydrogen-bond acceptors (Lipinski definition) is 6. The molecule has 1 fully saturated rings. The maximum atomic E-state index is 12.7. The zero-order valence-electron chi connectivity index (χ0n) is 16.9. The van der Waals surface area contributed by atoms with Crippen molar-refractivity contribution in [2.45, 2.75) is 24.4 Å². The van der Waals surface area contributed by atoms with Crippen LogP contribution in [0.15, 0.2) is 53.9 Å². The lowest BCUT2D eigenvalue weighted by atomic mass is 10.1. The van der Waals surface area contributed by atoms with Gasteiger partial charge in [-0.3, -0.25) is 14.8 Å². The lowest BCUT2D eigenvalue weighted by molar-refractivity contribution is 0.102. The van der Waals surface area contributed by atoms with Gasteiger partial charge >= 0.3 is 0 Å². The number of anilines is 1. The molecule has 0 aliphatic carbocycles. The van der Waals surface area contributed by atoms with E-state index >= 15 is 0 Å². The molecular weight excluding hydrogens is 414 g/mol. The lowest BCUT2D eigenvalue weighted by Gasteiger charge is -2.26. The predicted octanol–water partition coefficient (Wildman–Crippen LogP) is 4.21. The van der Waals surface area contributed by atoms with E-state index in [1.807, 2.05) is 42.1 Å². The summed E-state index contributed by atoms with van der Waals surface area (Å²) >= 11 is 3.60. The van der Waals surface area contributed by atoms with Crippen LogP contribution in [0.2, 0.25) is 0 Å². The quantitative estimate of drug-likeness (QED) is 0.538. The number of hydrogen-bond donors (Lipinski definition) is 2. The summed E-state index contributed by atoms with van der Waals surface area (Å²) in [5.74, 6) is 3.11. The molecule has 1 amide bonds. The third kappa shape index (κ3) is 5.65. The number of benzene rings is 2. The first kappa shape index (κ1) is 21.0. The minimum atomic E-state index is -0.0895. The van der Waals surface area contributed by atoms with Crippen molar-refractivity contribution in [3.05, 3.63) is 71.0 Å². The van der Waals surface area contributed by atoms with E-state index in [2.05, 4.69) is 44.5 Å². The third-order valence-corrected chi connectivity index (χ3v) is 6.92. The van der Waals surface area contributed by atoms with Crippen molar-refractivity contribution in [1.29, 1.82) is 0 Å². The van der Waals surface area contributed by atoms with Gasteiger partial charge in [0.25, 0.3) is 5.91 Å². The Morgan fingerprint density at radius 1 is 1.17 bits per heavy atom. The highest BCUT2D eigenvalue weighted by Crippen LogP contribution is 2.21. The molecule has 0 spiro atoms. The molecule has 8 heteroatoms. The normalized spacial score (nSPS) is 14.6. The summed E-state index contributed by atoms with van der Waals surface area (Å²) < 4.78 is 0. The number of nitrogens with one attached hydrogen (secondary N) is 2. The van der Waals surface area contributed by atoms with Gasteiger partial charge in [0.1, 0.15) is 6.33 Å². The molecule has 4 rings (SSSR count). The molecule has 3 aromatic rings. The summed E-state index contributed by atoms with van der Waals surface area (Å²) in [6.45, 7) is 5.32. The largest absolute Gasteiger partial charge is 0.322 e. The van der Waals surface area contributed by atoms with Crippen LogP contribution in [0.5, 0.6) is 0 Å². The number of rotatable bonds is 7. The molecule has 1 saturated heterocycles. The Bertz CT molecular complexity index is 970. The first-order chi connectivity index (χ1) is 14.7. The standard InChI is InChI=1S/C22H25N5OS2/c1-16-12-18(13-27-8-10-29-11-9-27)4-7-20(16)25-21(28)19-5-2-17(3-6-19)14-30-22-23-15-24-26-22/h2-7,12,15H,8-11,13-14H2,1H3,(H,25,28)(H,23,24,26). The summed E-state index contributed by atoms with van der Waals surface area (Å²) in [5, 5.41) is 10.5. The van der Waals surface area contributed by atoms with Crippen LogP contribution in [0.4, 0.5) is 5.69 Å². The topological polar surface area (TPSA) is 73.9 Å². The number of nitrogens with zero attached hydrogens (tertiary/aromatic N) is 3. The molecule has 2 N–H and O–H groups in total. The van der Waals surface area contributed by atoms with Crippen molar-refractivity contribution in [2.24, 2.45) is 0 Å². The number of thioether (sulfide) groups is 2. The number of aromatic amines is 1. The highest BCUT2D eigenvalue weighted by Gasteiger charge is 2.12. The Balaban J connectivity index is 1.33. The molecule has 1 aromatic heterocycles. The Labute approximate surface area is 185 Å². The van der Waals surface area contributed by atoms with Crippen LogP contribution in [0.3, 0.4) is 0 Å². The summed E-state index contributed by atoms with van der Waals surface area (Å²) in [6.07, 6.45) is 1.50. The van der Waals surface area contributed by atoms with Gasteiger partial charge in [0.15, 0.2) is 5.16 Å². The van der Waals surface area contributed by atoms with Gasteiger partial charge in [-0.05, 0) is 41.8 Å². The van der Waals surface area contributed by atoms with E-state index in [0.717, 1.165) is 47.4 Å². The molecule has 30 heavy (non-hydrogen) atoms. The van der Waals surface area contributed by atoms with Gasteiger partial charge in [0.05, 0.1) is 0 Å². The molecule has 0 saturated carbocycles. The third-order valence-electron chi connectivity index (χ3n) is 5.03. The van der Waals surface area contributed by atoms with Crippen LogP contribution < -0.4 is 5.32 Å². The van der Waals surface area contributed by atoms with Crippen molar-refractivity contribution >= 4 is 35.1 Å². The molecule has 2 heterocycles. The second-order valence-electron chi connectivity index (χ2n) is 7.27. The maximum absolute atomic E-state index is 12.7. The minimum Gasteiger partial charge on any atom is -0.322 e.